The first-order valence-electron chi connectivity index (χ1n) is 10.4. The zero-order valence-electron chi connectivity index (χ0n) is 17.4. The van der Waals surface area contributed by atoms with Gasteiger partial charge < -0.3 is 9.84 Å². The summed E-state index contributed by atoms with van der Waals surface area (Å²) in [4.78, 5) is 18.8. The van der Waals surface area contributed by atoms with Crippen molar-refractivity contribution < 1.29 is 13.7 Å². The standard InChI is InChI=1S/C24H22FN5O2/c25-21-7-3-19(4-8-21)16-30-13-10-17(11-14-30)9-12-27-23(31)22-28-24(32-29-22)20-5-1-18(15-26)2-6-20/h1-8,10H,9,11-14,16H2,(H,27,31). The first-order valence-corrected chi connectivity index (χ1v) is 10.4. The Kier molecular flexibility index (Phi) is 6.68. The zero-order valence-corrected chi connectivity index (χ0v) is 17.4. The van der Waals surface area contributed by atoms with E-state index in [1.165, 1.54) is 17.7 Å². The van der Waals surface area contributed by atoms with Gasteiger partial charge in [0.2, 0.25) is 0 Å². The number of rotatable bonds is 7. The summed E-state index contributed by atoms with van der Waals surface area (Å²) in [5.74, 6) is -0.394. The molecule has 1 aliphatic rings. The number of amides is 1. The van der Waals surface area contributed by atoms with Crippen molar-refractivity contribution in [3.63, 3.8) is 0 Å². The highest BCUT2D eigenvalue weighted by molar-refractivity contribution is 5.90. The second kappa shape index (κ2) is 9.98. The summed E-state index contributed by atoms with van der Waals surface area (Å²) in [7, 11) is 0. The second-order valence-electron chi connectivity index (χ2n) is 7.59. The predicted molar refractivity (Wildman–Crippen MR) is 116 cm³/mol. The number of aromatic nitrogens is 2. The maximum atomic E-state index is 13.0. The molecule has 3 aromatic rings. The average Bonchev–Trinajstić information content (AvgIpc) is 3.32. The first-order chi connectivity index (χ1) is 15.6. The van der Waals surface area contributed by atoms with Crippen LogP contribution in [-0.4, -0.2) is 40.6 Å². The van der Waals surface area contributed by atoms with Gasteiger partial charge in [0.15, 0.2) is 0 Å². The van der Waals surface area contributed by atoms with Crippen LogP contribution >= 0.6 is 0 Å². The zero-order chi connectivity index (χ0) is 22.3. The molecular weight excluding hydrogens is 409 g/mol. The molecule has 8 heteroatoms. The van der Waals surface area contributed by atoms with Gasteiger partial charge in [0, 0.05) is 31.7 Å². The van der Waals surface area contributed by atoms with Crippen LogP contribution in [0, 0.1) is 17.1 Å². The molecule has 0 aliphatic carbocycles. The average molecular weight is 431 g/mol. The quantitative estimate of drug-likeness (QED) is 0.573. The van der Waals surface area contributed by atoms with Crippen molar-refractivity contribution in [2.45, 2.75) is 19.4 Å². The third-order valence-corrected chi connectivity index (χ3v) is 5.33. The summed E-state index contributed by atoms with van der Waals surface area (Å²) in [5.41, 5.74) is 3.57. The molecule has 2 heterocycles. The van der Waals surface area contributed by atoms with E-state index >= 15 is 0 Å². The molecule has 0 saturated carbocycles. The van der Waals surface area contributed by atoms with Gasteiger partial charge in [0.25, 0.3) is 17.6 Å². The molecule has 0 radical (unpaired) electrons. The highest BCUT2D eigenvalue weighted by Gasteiger charge is 2.16. The fourth-order valence-electron chi connectivity index (χ4n) is 3.51. The SMILES string of the molecule is N#Cc1ccc(-c2nc(C(=O)NCCC3=CCN(Cc4ccc(F)cc4)CC3)no2)cc1. The molecule has 1 amide bonds. The molecule has 0 saturated heterocycles. The predicted octanol–water partition coefficient (Wildman–Crippen LogP) is 3.70. The summed E-state index contributed by atoms with van der Waals surface area (Å²) < 4.78 is 18.2. The lowest BCUT2D eigenvalue weighted by Crippen LogP contribution is -2.30. The molecule has 0 unspecified atom stereocenters. The van der Waals surface area contributed by atoms with Crippen LogP contribution in [0.3, 0.4) is 0 Å². The number of carbonyl (C=O) groups is 1. The van der Waals surface area contributed by atoms with Gasteiger partial charge in [-0.2, -0.15) is 10.2 Å². The molecule has 4 rings (SSSR count). The van der Waals surface area contributed by atoms with E-state index in [4.69, 9.17) is 9.78 Å². The fourth-order valence-corrected chi connectivity index (χ4v) is 3.51. The second-order valence-corrected chi connectivity index (χ2v) is 7.59. The molecule has 0 spiro atoms. The van der Waals surface area contributed by atoms with Crippen molar-refractivity contribution in [1.29, 1.82) is 5.26 Å². The van der Waals surface area contributed by atoms with Gasteiger partial charge in [-0.1, -0.05) is 28.9 Å². The summed E-state index contributed by atoms with van der Waals surface area (Å²) in [6, 6.07) is 15.3. The van der Waals surface area contributed by atoms with Gasteiger partial charge in [-0.15, -0.1) is 0 Å². The van der Waals surface area contributed by atoms with Gasteiger partial charge in [-0.25, -0.2) is 4.39 Å². The normalized spacial score (nSPS) is 13.9. The highest BCUT2D eigenvalue weighted by Crippen LogP contribution is 2.18. The molecule has 7 nitrogen and oxygen atoms in total. The van der Waals surface area contributed by atoms with Crippen molar-refractivity contribution in [2.75, 3.05) is 19.6 Å². The summed E-state index contributed by atoms with van der Waals surface area (Å²) in [6.07, 6.45) is 3.88. The van der Waals surface area contributed by atoms with Gasteiger partial charge in [0.05, 0.1) is 11.6 Å². The molecule has 0 fully saturated rings. The number of nitrogens with one attached hydrogen (secondary N) is 1. The van der Waals surface area contributed by atoms with Crippen LogP contribution in [0.4, 0.5) is 4.39 Å². The molecule has 0 bridgehead atoms. The van der Waals surface area contributed by atoms with Gasteiger partial charge in [-0.3, -0.25) is 9.69 Å². The summed E-state index contributed by atoms with van der Waals surface area (Å²) in [6.45, 7) is 3.04. The number of hydrogen-bond acceptors (Lipinski definition) is 6. The van der Waals surface area contributed by atoms with Gasteiger partial charge in [0.1, 0.15) is 5.82 Å². The number of benzene rings is 2. The summed E-state index contributed by atoms with van der Waals surface area (Å²) in [5, 5.41) is 15.4. The molecule has 1 aliphatic heterocycles. The van der Waals surface area contributed by atoms with Crippen LogP contribution in [0.15, 0.2) is 64.7 Å². The number of carbonyl (C=O) groups excluding carboxylic acids is 1. The van der Waals surface area contributed by atoms with E-state index in [1.54, 1.807) is 24.3 Å². The van der Waals surface area contributed by atoms with Crippen LogP contribution in [0.25, 0.3) is 11.5 Å². The largest absolute Gasteiger partial charge is 0.349 e. The van der Waals surface area contributed by atoms with Crippen molar-refractivity contribution >= 4 is 5.91 Å². The topological polar surface area (TPSA) is 95.0 Å². The lowest BCUT2D eigenvalue weighted by atomic mass is 10.0. The molecule has 1 N–H and O–H groups in total. The summed E-state index contributed by atoms with van der Waals surface area (Å²) >= 11 is 0. The van der Waals surface area contributed by atoms with E-state index in [2.05, 4.69) is 26.4 Å². The minimum atomic E-state index is -0.386. The van der Waals surface area contributed by atoms with E-state index in [0.717, 1.165) is 38.0 Å². The minimum Gasteiger partial charge on any atom is -0.349 e. The molecule has 32 heavy (non-hydrogen) atoms. The Morgan fingerprint density at radius 2 is 1.97 bits per heavy atom. The Hall–Kier alpha value is -3.83. The third-order valence-electron chi connectivity index (χ3n) is 5.33. The lowest BCUT2D eigenvalue weighted by molar-refractivity contribution is 0.0940. The first kappa shape index (κ1) is 21.4. The lowest BCUT2D eigenvalue weighted by Gasteiger charge is -2.26. The number of nitriles is 1. The van der Waals surface area contributed by atoms with Crippen LogP contribution in [0.2, 0.25) is 0 Å². The van der Waals surface area contributed by atoms with Crippen LogP contribution in [0.1, 0.15) is 34.6 Å². The molecule has 1 aromatic heterocycles. The molecule has 162 valence electrons. The molecule has 2 aromatic carbocycles. The van der Waals surface area contributed by atoms with Gasteiger partial charge >= 0.3 is 0 Å². The highest BCUT2D eigenvalue weighted by atomic mass is 19.1. The van der Waals surface area contributed by atoms with E-state index in [0.29, 0.717) is 17.7 Å². The van der Waals surface area contributed by atoms with Crippen molar-refractivity contribution in [3.8, 4) is 17.5 Å². The Balaban J connectivity index is 1.23. The Bertz CT molecular complexity index is 1150. The van der Waals surface area contributed by atoms with E-state index in [-0.39, 0.29) is 23.4 Å². The van der Waals surface area contributed by atoms with E-state index in [1.807, 2.05) is 18.2 Å². The van der Waals surface area contributed by atoms with Crippen molar-refractivity contribution in [2.24, 2.45) is 0 Å². The number of hydrogen-bond donors (Lipinski definition) is 1. The fraction of sp³-hybridized carbons (Fsp3) is 0.250. The third kappa shape index (κ3) is 5.45. The van der Waals surface area contributed by atoms with E-state index < -0.39 is 0 Å². The maximum absolute atomic E-state index is 13.0. The molecular formula is C24H22FN5O2. The number of nitrogens with zero attached hydrogens (tertiary/aromatic N) is 4. The Morgan fingerprint density at radius 3 is 2.66 bits per heavy atom. The number of halogens is 1. The minimum absolute atomic E-state index is 0.0209. The van der Waals surface area contributed by atoms with E-state index in [9.17, 15) is 9.18 Å². The smallest absolute Gasteiger partial charge is 0.292 e. The molecule has 0 atom stereocenters. The van der Waals surface area contributed by atoms with Crippen LogP contribution in [-0.2, 0) is 6.54 Å². The van der Waals surface area contributed by atoms with Gasteiger partial charge in [-0.05, 0) is 54.8 Å². The Morgan fingerprint density at radius 1 is 1.19 bits per heavy atom. The monoisotopic (exact) mass is 431 g/mol. The van der Waals surface area contributed by atoms with Crippen molar-refractivity contribution in [3.05, 3.63) is 82.9 Å². The van der Waals surface area contributed by atoms with Crippen LogP contribution < -0.4 is 5.32 Å². The van der Waals surface area contributed by atoms with Crippen molar-refractivity contribution in [1.82, 2.24) is 20.4 Å². The van der Waals surface area contributed by atoms with Crippen LogP contribution in [0.5, 0.6) is 0 Å². The maximum Gasteiger partial charge on any atom is 0.292 e. The Labute approximate surface area is 185 Å².